The minimum absolute atomic E-state index is 0.00802. The molecule has 0 saturated heterocycles. The summed E-state index contributed by atoms with van der Waals surface area (Å²) in [6, 6.07) is -0.544. The average Bonchev–Trinajstić information content (AvgIpc) is 2.22. The van der Waals surface area contributed by atoms with Gasteiger partial charge in [-0.1, -0.05) is 13.8 Å². The molecule has 0 rings (SSSR count). The van der Waals surface area contributed by atoms with Crippen LogP contribution >= 0.6 is 11.8 Å². The van der Waals surface area contributed by atoms with E-state index in [-0.39, 0.29) is 18.9 Å². The van der Waals surface area contributed by atoms with Crippen molar-refractivity contribution in [1.29, 1.82) is 0 Å². The number of rotatable bonds is 8. The lowest BCUT2D eigenvalue weighted by atomic mass is 9.85. The zero-order valence-electron chi connectivity index (χ0n) is 12.5. The van der Waals surface area contributed by atoms with Crippen LogP contribution in [0.4, 0.5) is 4.79 Å². The standard InChI is InChI=1S/C13H24N2O4S/c1-9(5-6-20-4)14-12(19)15-10(16)7-13(2,3)8-11(17)18/h9H,5-8H2,1-4H3,(H,17,18)(H2,14,15,16,19). The van der Waals surface area contributed by atoms with E-state index in [1.807, 2.05) is 13.2 Å². The van der Waals surface area contributed by atoms with Crippen LogP contribution in [0.15, 0.2) is 0 Å². The third kappa shape index (κ3) is 9.66. The number of amides is 3. The Morgan fingerprint density at radius 2 is 1.85 bits per heavy atom. The molecule has 0 fully saturated rings. The molecule has 116 valence electrons. The van der Waals surface area contributed by atoms with Crippen LogP contribution in [0.1, 0.15) is 40.0 Å². The molecule has 0 aliphatic rings. The van der Waals surface area contributed by atoms with Crippen molar-refractivity contribution in [3.8, 4) is 0 Å². The van der Waals surface area contributed by atoms with E-state index in [0.29, 0.717) is 0 Å². The Balaban J connectivity index is 4.13. The first kappa shape index (κ1) is 18.8. The molecule has 7 heteroatoms. The third-order valence-corrected chi connectivity index (χ3v) is 3.30. The molecule has 6 nitrogen and oxygen atoms in total. The molecule has 0 aromatic heterocycles. The summed E-state index contributed by atoms with van der Waals surface area (Å²) in [6.45, 7) is 5.23. The van der Waals surface area contributed by atoms with E-state index in [9.17, 15) is 14.4 Å². The van der Waals surface area contributed by atoms with Gasteiger partial charge in [0, 0.05) is 12.5 Å². The Kier molecular flexibility index (Phi) is 8.29. The van der Waals surface area contributed by atoms with Crippen LogP contribution in [0, 0.1) is 5.41 Å². The number of urea groups is 1. The molecule has 1 unspecified atom stereocenters. The highest BCUT2D eigenvalue weighted by Crippen LogP contribution is 2.24. The summed E-state index contributed by atoms with van der Waals surface area (Å²) < 4.78 is 0. The van der Waals surface area contributed by atoms with Gasteiger partial charge >= 0.3 is 12.0 Å². The van der Waals surface area contributed by atoms with Crippen LogP contribution in [0.25, 0.3) is 0 Å². The van der Waals surface area contributed by atoms with Crippen molar-refractivity contribution in [3.63, 3.8) is 0 Å². The molecule has 1 atom stereocenters. The van der Waals surface area contributed by atoms with Crippen molar-refractivity contribution in [2.24, 2.45) is 5.41 Å². The van der Waals surface area contributed by atoms with Crippen LogP contribution in [0.3, 0.4) is 0 Å². The molecule has 0 aliphatic carbocycles. The molecule has 0 heterocycles. The van der Waals surface area contributed by atoms with Gasteiger partial charge in [0.25, 0.3) is 0 Å². The second kappa shape index (κ2) is 8.84. The maximum absolute atomic E-state index is 11.7. The quantitative estimate of drug-likeness (QED) is 0.636. The van der Waals surface area contributed by atoms with Crippen molar-refractivity contribution in [1.82, 2.24) is 10.6 Å². The van der Waals surface area contributed by atoms with Gasteiger partial charge < -0.3 is 10.4 Å². The van der Waals surface area contributed by atoms with Crippen LogP contribution < -0.4 is 10.6 Å². The monoisotopic (exact) mass is 304 g/mol. The fourth-order valence-electron chi connectivity index (χ4n) is 1.70. The molecule has 0 bridgehead atoms. The number of aliphatic carboxylic acids is 1. The normalized spacial score (nSPS) is 12.6. The highest BCUT2D eigenvalue weighted by molar-refractivity contribution is 7.98. The molecule has 3 N–H and O–H groups in total. The van der Waals surface area contributed by atoms with Gasteiger partial charge in [-0.15, -0.1) is 0 Å². The first-order valence-electron chi connectivity index (χ1n) is 6.47. The van der Waals surface area contributed by atoms with Gasteiger partial charge in [-0.2, -0.15) is 11.8 Å². The van der Waals surface area contributed by atoms with Gasteiger partial charge in [-0.3, -0.25) is 14.9 Å². The third-order valence-electron chi connectivity index (χ3n) is 2.65. The summed E-state index contributed by atoms with van der Waals surface area (Å²) >= 11 is 1.69. The maximum Gasteiger partial charge on any atom is 0.321 e. The summed E-state index contributed by atoms with van der Waals surface area (Å²) in [5.74, 6) is -0.495. The second-order valence-corrected chi connectivity index (χ2v) is 6.60. The summed E-state index contributed by atoms with van der Waals surface area (Å²) in [7, 11) is 0. The lowest BCUT2D eigenvalue weighted by Crippen LogP contribution is -2.44. The topological polar surface area (TPSA) is 95.5 Å². The molecular formula is C13H24N2O4S. The van der Waals surface area contributed by atoms with Gasteiger partial charge in [0.1, 0.15) is 0 Å². The SMILES string of the molecule is CSCCC(C)NC(=O)NC(=O)CC(C)(C)CC(=O)O. The number of nitrogens with one attached hydrogen (secondary N) is 2. The van der Waals surface area contributed by atoms with Gasteiger partial charge in [0.2, 0.25) is 5.91 Å². The van der Waals surface area contributed by atoms with E-state index in [2.05, 4.69) is 10.6 Å². The van der Waals surface area contributed by atoms with Crippen LogP contribution in [0.5, 0.6) is 0 Å². The Labute approximate surface area is 124 Å². The zero-order chi connectivity index (χ0) is 15.8. The molecular weight excluding hydrogens is 280 g/mol. The number of hydrogen-bond acceptors (Lipinski definition) is 4. The first-order valence-corrected chi connectivity index (χ1v) is 7.87. The number of carboxylic acids is 1. The minimum Gasteiger partial charge on any atom is -0.481 e. The van der Waals surface area contributed by atoms with Crippen molar-refractivity contribution in [2.75, 3.05) is 12.0 Å². The molecule has 0 aliphatic heterocycles. The van der Waals surface area contributed by atoms with Gasteiger partial charge in [-0.25, -0.2) is 4.79 Å². The van der Waals surface area contributed by atoms with Crippen molar-refractivity contribution in [3.05, 3.63) is 0 Å². The highest BCUT2D eigenvalue weighted by atomic mass is 32.2. The fraction of sp³-hybridized carbons (Fsp3) is 0.769. The predicted molar refractivity (Wildman–Crippen MR) is 79.8 cm³/mol. The molecule has 0 radical (unpaired) electrons. The van der Waals surface area contributed by atoms with E-state index in [1.165, 1.54) is 0 Å². The first-order chi connectivity index (χ1) is 9.16. The van der Waals surface area contributed by atoms with Crippen LogP contribution in [-0.4, -0.2) is 41.1 Å². The van der Waals surface area contributed by atoms with Crippen LogP contribution in [0.2, 0.25) is 0 Å². The van der Waals surface area contributed by atoms with E-state index in [1.54, 1.807) is 25.6 Å². The van der Waals surface area contributed by atoms with Crippen molar-refractivity contribution >= 4 is 29.7 Å². The highest BCUT2D eigenvalue weighted by Gasteiger charge is 2.26. The molecule has 0 spiro atoms. The number of imide groups is 1. The zero-order valence-corrected chi connectivity index (χ0v) is 13.3. The summed E-state index contributed by atoms with van der Waals surface area (Å²) in [4.78, 5) is 33.9. The largest absolute Gasteiger partial charge is 0.481 e. The molecule has 3 amide bonds. The summed E-state index contributed by atoms with van der Waals surface area (Å²) in [6.07, 6.45) is 2.69. The van der Waals surface area contributed by atoms with Gasteiger partial charge in [0.05, 0.1) is 6.42 Å². The summed E-state index contributed by atoms with van der Waals surface area (Å²) in [5, 5.41) is 13.6. The Hall–Kier alpha value is -1.24. The molecule has 20 heavy (non-hydrogen) atoms. The number of carboxylic acid groups (broad SMARTS) is 1. The fourth-order valence-corrected chi connectivity index (χ4v) is 2.29. The van der Waals surface area contributed by atoms with E-state index >= 15 is 0 Å². The number of carbonyl (C=O) groups excluding carboxylic acids is 2. The molecule has 0 aromatic carbocycles. The number of thioether (sulfide) groups is 1. The molecule has 0 saturated carbocycles. The average molecular weight is 304 g/mol. The van der Waals surface area contributed by atoms with E-state index < -0.39 is 23.3 Å². The Morgan fingerprint density at radius 3 is 2.35 bits per heavy atom. The predicted octanol–water partition coefficient (Wildman–Crippen LogP) is 1.84. The van der Waals surface area contributed by atoms with Crippen LogP contribution in [-0.2, 0) is 9.59 Å². The lowest BCUT2D eigenvalue weighted by molar-refractivity contribution is -0.139. The van der Waals surface area contributed by atoms with E-state index in [0.717, 1.165) is 12.2 Å². The number of carbonyl (C=O) groups is 3. The molecule has 0 aromatic rings. The summed E-state index contributed by atoms with van der Waals surface area (Å²) in [5.41, 5.74) is -0.680. The van der Waals surface area contributed by atoms with Crippen molar-refractivity contribution in [2.45, 2.75) is 46.1 Å². The lowest BCUT2D eigenvalue weighted by Gasteiger charge is -2.21. The maximum atomic E-state index is 11.7. The van der Waals surface area contributed by atoms with Gasteiger partial charge in [-0.05, 0) is 30.8 Å². The smallest absolute Gasteiger partial charge is 0.321 e. The van der Waals surface area contributed by atoms with E-state index in [4.69, 9.17) is 5.11 Å². The minimum atomic E-state index is -0.960. The van der Waals surface area contributed by atoms with Gasteiger partial charge in [0.15, 0.2) is 0 Å². The number of hydrogen-bond donors (Lipinski definition) is 3. The Morgan fingerprint density at radius 1 is 1.25 bits per heavy atom. The second-order valence-electron chi connectivity index (χ2n) is 5.62. The Bertz CT molecular complexity index is 358. The van der Waals surface area contributed by atoms with Crippen molar-refractivity contribution < 1.29 is 19.5 Å².